The molecule has 6 heteroatoms. The van der Waals surface area contributed by atoms with Crippen molar-refractivity contribution in [1.82, 2.24) is 9.97 Å². The topological polar surface area (TPSA) is 62.3 Å². The Kier molecular flexibility index (Phi) is 6.89. The second kappa shape index (κ2) is 9.78. The molecule has 0 aliphatic heterocycles. The molecule has 2 N–H and O–H groups in total. The molecule has 0 saturated heterocycles. The molecule has 152 valence electrons. The number of anilines is 4. The molecule has 6 nitrogen and oxygen atoms in total. The van der Waals surface area contributed by atoms with Crippen LogP contribution in [0.3, 0.4) is 0 Å². The van der Waals surface area contributed by atoms with E-state index in [0.717, 1.165) is 41.7 Å². The molecule has 1 heterocycles. The van der Waals surface area contributed by atoms with Crippen LogP contribution in [0.5, 0.6) is 5.75 Å². The van der Waals surface area contributed by atoms with Gasteiger partial charge in [-0.25, -0.2) is 9.97 Å². The molecule has 0 aliphatic rings. The largest absolute Gasteiger partial charge is 0.496 e. The van der Waals surface area contributed by atoms with E-state index in [9.17, 15) is 0 Å². The first-order valence-corrected chi connectivity index (χ1v) is 9.95. The molecule has 0 saturated carbocycles. The van der Waals surface area contributed by atoms with Gasteiger partial charge in [0.2, 0.25) is 0 Å². The number of aromatic nitrogens is 2. The van der Waals surface area contributed by atoms with E-state index in [-0.39, 0.29) is 0 Å². The molecule has 3 rings (SSSR count). The van der Waals surface area contributed by atoms with Crippen LogP contribution in [-0.4, -0.2) is 30.2 Å². The van der Waals surface area contributed by atoms with Gasteiger partial charge >= 0.3 is 0 Å². The second-order valence-corrected chi connectivity index (χ2v) is 6.75. The minimum Gasteiger partial charge on any atom is -0.496 e. The molecule has 0 fully saturated rings. The Labute approximate surface area is 173 Å². The van der Waals surface area contributed by atoms with E-state index in [4.69, 9.17) is 4.74 Å². The zero-order valence-corrected chi connectivity index (χ0v) is 17.6. The van der Waals surface area contributed by atoms with Crippen molar-refractivity contribution in [3.63, 3.8) is 0 Å². The molecular weight excluding hydrogens is 362 g/mol. The lowest BCUT2D eigenvalue weighted by Crippen LogP contribution is -2.21. The molecule has 0 aliphatic carbocycles. The lowest BCUT2D eigenvalue weighted by Gasteiger charge is -2.22. The zero-order valence-electron chi connectivity index (χ0n) is 17.6. The van der Waals surface area contributed by atoms with Crippen molar-refractivity contribution in [3.05, 3.63) is 66.0 Å². The highest BCUT2D eigenvalue weighted by Gasteiger charge is 2.07. The van der Waals surface area contributed by atoms with E-state index in [1.165, 1.54) is 11.3 Å². The highest BCUT2D eigenvalue weighted by molar-refractivity contribution is 5.66. The van der Waals surface area contributed by atoms with E-state index < -0.39 is 0 Å². The van der Waals surface area contributed by atoms with Crippen molar-refractivity contribution in [2.75, 3.05) is 35.7 Å². The van der Waals surface area contributed by atoms with Gasteiger partial charge in [-0.15, -0.1) is 0 Å². The predicted molar refractivity (Wildman–Crippen MR) is 120 cm³/mol. The van der Waals surface area contributed by atoms with Crippen LogP contribution < -0.4 is 20.3 Å². The van der Waals surface area contributed by atoms with Crippen LogP contribution in [-0.2, 0) is 6.54 Å². The van der Waals surface area contributed by atoms with Gasteiger partial charge < -0.3 is 20.3 Å². The summed E-state index contributed by atoms with van der Waals surface area (Å²) in [7, 11) is 1.68. The summed E-state index contributed by atoms with van der Waals surface area (Å²) in [4.78, 5) is 11.0. The summed E-state index contributed by atoms with van der Waals surface area (Å²) >= 11 is 0. The summed E-state index contributed by atoms with van der Waals surface area (Å²) in [5.41, 5.74) is 4.53. The van der Waals surface area contributed by atoms with Crippen LogP contribution in [0.25, 0.3) is 0 Å². The van der Waals surface area contributed by atoms with Crippen LogP contribution in [0.4, 0.5) is 23.0 Å². The van der Waals surface area contributed by atoms with Gasteiger partial charge in [0, 0.05) is 42.6 Å². The van der Waals surface area contributed by atoms with Gasteiger partial charge in [0.25, 0.3) is 0 Å². The normalized spacial score (nSPS) is 10.5. The maximum atomic E-state index is 5.40. The van der Waals surface area contributed by atoms with Gasteiger partial charge in [-0.05, 0) is 50.6 Å². The molecule has 0 bridgehead atoms. The summed E-state index contributed by atoms with van der Waals surface area (Å²) in [6.45, 7) is 9.07. The van der Waals surface area contributed by atoms with Gasteiger partial charge in [0.15, 0.2) is 0 Å². The van der Waals surface area contributed by atoms with Crippen LogP contribution in [0.2, 0.25) is 0 Å². The number of benzene rings is 2. The molecule has 1 aromatic heterocycles. The molecule has 0 atom stereocenters. The fraction of sp³-hybridized carbons (Fsp3) is 0.304. The highest BCUT2D eigenvalue weighted by Crippen LogP contribution is 2.25. The number of ether oxygens (including phenoxy) is 1. The van der Waals surface area contributed by atoms with Crippen molar-refractivity contribution in [3.8, 4) is 5.75 Å². The van der Waals surface area contributed by atoms with Gasteiger partial charge in [0.1, 0.15) is 23.7 Å². The smallest absolute Gasteiger partial charge is 0.135 e. The van der Waals surface area contributed by atoms with Crippen LogP contribution in [0, 0.1) is 6.92 Å². The van der Waals surface area contributed by atoms with Crippen LogP contribution in [0.1, 0.15) is 25.0 Å². The van der Waals surface area contributed by atoms with Crippen LogP contribution >= 0.6 is 0 Å². The minimum absolute atomic E-state index is 0.623. The molecule has 0 amide bonds. The SMILES string of the molecule is CCN(CC)c1ccc(Nc2cc(NCc3ccccc3OC)ncn2)c(C)c1. The summed E-state index contributed by atoms with van der Waals surface area (Å²) in [6, 6.07) is 16.3. The van der Waals surface area contributed by atoms with E-state index in [2.05, 4.69) is 64.5 Å². The Balaban J connectivity index is 1.70. The van der Waals surface area contributed by atoms with Crippen molar-refractivity contribution in [2.24, 2.45) is 0 Å². The van der Waals surface area contributed by atoms with Gasteiger partial charge in [-0.2, -0.15) is 0 Å². The monoisotopic (exact) mass is 391 g/mol. The molecule has 0 radical (unpaired) electrons. The average Bonchev–Trinajstić information content (AvgIpc) is 2.75. The fourth-order valence-electron chi connectivity index (χ4n) is 3.27. The van der Waals surface area contributed by atoms with Crippen molar-refractivity contribution in [1.29, 1.82) is 0 Å². The van der Waals surface area contributed by atoms with Crippen molar-refractivity contribution < 1.29 is 4.74 Å². The lowest BCUT2D eigenvalue weighted by atomic mass is 10.1. The van der Waals surface area contributed by atoms with E-state index in [0.29, 0.717) is 6.54 Å². The Hall–Kier alpha value is -3.28. The van der Waals surface area contributed by atoms with Crippen LogP contribution in [0.15, 0.2) is 54.9 Å². The third-order valence-electron chi connectivity index (χ3n) is 4.92. The summed E-state index contributed by atoms with van der Waals surface area (Å²) < 4.78 is 5.40. The summed E-state index contributed by atoms with van der Waals surface area (Å²) in [5, 5.41) is 6.74. The number of aryl methyl sites for hydroxylation is 1. The number of hydrogen-bond donors (Lipinski definition) is 2. The summed E-state index contributed by atoms with van der Waals surface area (Å²) in [5.74, 6) is 2.36. The number of rotatable bonds is 9. The number of hydrogen-bond acceptors (Lipinski definition) is 6. The molecule has 29 heavy (non-hydrogen) atoms. The van der Waals surface area contributed by atoms with Gasteiger partial charge in [0.05, 0.1) is 7.11 Å². The molecule has 0 unspecified atom stereocenters. The predicted octanol–water partition coefficient (Wildman–Crippen LogP) is 5.00. The Morgan fingerprint density at radius 2 is 1.72 bits per heavy atom. The number of methoxy groups -OCH3 is 1. The zero-order chi connectivity index (χ0) is 20.6. The first kappa shape index (κ1) is 20.5. The van der Waals surface area contributed by atoms with Gasteiger partial charge in [-0.1, -0.05) is 18.2 Å². The molecular formula is C23H29N5O. The molecule has 2 aromatic carbocycles. The number of nitrogens with zero attached hydrogens (tertiary/aromatic N) is 3. The Bertz CT molecular complexity index is 940. The first-order chi connectivity index (χ1) is 14.1. The lowest BCUT2D eigenvalue weighted by molar-refractivity contribution is 0.410. The first-order valence-electron chi connectivity index (χ1n) is 9.95. The molecule has 3 aromatic rings. The maximum absolute atomic E-state index is 5.40. The highest BCUT2D eigenvalue weighted by atomic mass is 16.5. The second-order valence-electron chi connectivity index (χ2n) is 6.75. The van der Waals surface area contributed by atoms with Crippen molar-refractivity contribution >= 4 is 23.0 Å². The Morgan fingerprint density at radius 3 is 2.45 bits per heavy atom. The quantitative estimate of drug-likeness (QED) is 0.535. The average molecular weight is 392 g/mol. The number of para-hydroxylation sites is 1. The third-order valence-corrected chi connectivity index (χ3v) is 4.92. The van der Waals surface area contributed by atoms with E-state index in [1.54, 1.807) is 13.4 Å². The molecule has 0 spiro atoms. The maximum Gasteiger partial charge on any atom is 0.135 e. The fourth-order valence-corrected chi connectivity index (χ4v) is 3.27. The van der Waals surface area contributed by atoms with Crippen molar-refractivity contribution in [2.45, 2.75) is 27.3 Å². The summed E-state index contributed by atoms with van der Waals surface area (Å²) in [6.07, 6.45) is 1.56. The Morgan fingerprint density at radius 1 is 0.966 bits per heavy atom. The van der Waals surface area contributed by atoms with Gasteiger partial charge in [-0.3, -0.25) is 0 Å². The third kappa shape index (κ3) is 5.16. The number of nitrogens with one attached hydrogen (secondary N) is 2. The van der Waals surface area contributed by atoms with E-state index in [1.807, 2.05) is 30.3 Å². The standard InChI is InChI=1S/C23H29N5O/c1-5-28(6-2)19-11-12-20(17(3)13-19)27-23-14-22(25-16-26-23)24-15-18-9-7-8-10-21(18)29-4/h7-14,16H,5-6,15H2,1-4H3,(H2,24,25,26,27). The minimum atomic E-state index is 0.623. The van der Waals surface area contributed by atoms with E-state index >= 15 is 0 Å².